The maximum Gasteiger partial charge on any atom is 0.261 e. The Balaban J connectivity index is 1.80. The van der Waals surface area contributed by atoms with Gasteiger partial charge in [0.1, 0.15) is 5.75 Å². The fourth-order valence-electron chi connectivity index (χ4n) is 3.34. The lowest BCUT2D eigenvalue weighted by Gasteiger charge is -2.22. The monoisotopic (exact) mass is 402 g/mol. The van der Waals surface area contributed by atoms with Gasteiger partial charge in [0.25, 0.3) is 5.91 Å². The average Bonchev–Trinajstić information content (AvgIpc) is 2.86. The minimum absolute atomic E-state index is 0.124. The number of rotatable bonds is 5. The number of fused-ring (bicyclic) bond motifs is 1. The number of nitrogens with zero attached hydrogens (tertiary/aromatic N) is 1. The number of aryl methyl sites for hydroxylation is 1. The first kappa shape index (κ1) is 20.2. The van der Waals surface area contributed by atoms with Gasteiger partial charge < -0.3 is 10.1 Å². The Hall–Kier alpha value is -2.54. The molecule has 3 rings (SSSR count). The van der Waals surface area contributed by atoms with Crippen LogP contribution in [-0.4, -0.2) is 33.2 Å². The molecule has 0 fully saturated rings. The maximum absolute atomic E-state index is 12.9. The Morgan fingerprint density at radius 2 is 1.89 bits per heavy atom. The lowest BCUT2D eigenvalue weighted by molar-refractivity contribution is -0.128. The second-order valence-corrected chi connectivity index (χ2v) is 8.98. The van der Waals surface area contributed by atoms with Crippen molar-refractivity contribution >= 4 is 21.6 Å². The quantitative estimate of drug-likeness (QED) is 0.833. The number of hydrogen-bond donors (Lipinski definition) is 1. The minimum Gasteiger partial charge on any atom is -0.478 e. The molecule has 0 unspecified atom stereocenters. The van der Waals surface area contributed by atoms with Gasteiger partial charge in [-0.15, -0.1) is 0 Å². The summed E-state index contributed by atoms with van der Waals surface area (Å²) in [6.07, 6.45) is 1.42. The molecular weight excluding hydrogens is 376 g/mol. The number of nitrogens with one attached hydrogen (secondary N) is 1. The van der Waals surface area contributed by atoms with Crippen molar-refractivity contribution in [2.45, 2.75) is 38.8 Å². The van der Waals surface area contributed by atoms with Crippen molar-refractivity contribution in [3.05, 3.63) is 59.7 Å². The Morgan fingerprint density at radius 3 is 2.54 bits per heavy atom. The summed E-state index contributed by atoms with van der Waals surface area (Å²) in [6, 6.07) is 14.8. The number of para-hydroxylation sites is 2. The summed E-state index contributed by atoms with van der Waals surface area (Å²) in [6.45, 7) is 4.22. The summed E-state index contributed by atoms with van der Waals surface area (Å²) in [4.78, 5) is 12.9. The van der Waals surface area contributed by atoms with Gasteiger partial charge in [-0.2, -0.15) is 0 Å². The number of benzene rings is 2. The van der Waals surface area contributed by atoms with E-state index in [1.165, 1.54) is 4.31 Å². The first-order valence-electron chi connectivity index (χ1n) is 9.40. The van der Waals surface area contributed by atoms with Crippen LogP contribution in [0.1, 0.15) is 36.9 Å². The highest BCUT2D eigenvalue weighted by Gasteiger charge is 2.31. The summed E-state index contributed by atoms with van der Waals surface area (Å²) in [5.41, 5.74) is 2.66. The zero-order valence-electron chi connectivity index (χ0n) is 16.4. The molecule has 2 atom stereocenters. The molecule has 7 heteroatoms. The summed E-state index contributed by atoms with van der Waals surface area (Å²) in [7, 11) is -3.46. The second kappa shape index (κ2) is 8.22. The van der Waals surface area contributed by atoms with E-state index in [0.717, 1.165) is 23.8 Å². The predicted octanol–water partition coefficient (Wildman–Crippen LogP) is 3.18. The largest absolute Gasteiger partial charge is 0.478 e. The molecule has 2 aromatic rings. The zero-order chi connectivity index (χ0) is 20.3. The molecular formula is C21H26N2O4S. The smallest absolute Gasteiger partial charge is 0.261 e. The number of carbonyl (C=O) groups excluding carboxylic acids is 1. The van der Waals surface area contributed by atoms with Gasteiger partial charge in [-0.05, 0) is 31.0 Å². The molecule has 1 aliphatic rings. The third-order valence-corrected chi connectivity index (χ3v) is 6.07. The molecule has 0 saturated heterocycles. The third kappa shape index (κ3) is 4.47. The number of carbonyl (C=O) groups is 1. The topological polar surface area (TPSA) is 75.7 Å². The highest BCUT2D eigenvalue weighted by molar-refractivity contribution is 7.92. The van der Waals surface area contributed by atoms with Crippen LogP contribution >= 0.6 is 0 Å². The van der Waals surface area contributed by atoms with Gasteiger partial charge in [-0.1, -0.05) is 48.9 Å². The van der Waals surface area contributed by atoms with Crippen LogP contribution in [0.4, 0.5) is 5.69 Å². The Bertz CT molecular complexity index is 941. The Morgan fingerprint density at radius 1 is 1.21 bits per heavy atom. The molecule has 150 valence electrons. The van der Waals surface area contributed by atoms with E-state index >= 15 is 0 Å². The normalized spacial score (nSPS) is 17.8. The SMILES string of the molecule is CC[C@@H](NC(=O)[C@@H]1CCN(S(C)(=O)=O)c2ccccc2O1)c1ccc(C)cc1. The molecule has 0 radical (unpaired) electrons. The van der Waals surface area contributed by atoms with Gasteiger partial charge in [0.2, 0.25) is 10.0 Å². The number of amides is 1. The van der Waals surface area contributed by atoms with Crippen LogP contribution in [0.2, 0.25) is 0 Å². The van der Waals surface area contributed by atoms with E-state index in [2.05, 4.69) is 5.32 Å². The molecule has 1 amide bonds. The van der Waals surface area contributed by atoms with Crippen molar-refractivity contribution in [2.24, 2.45) is 0 Å². The van der Waals surface area contributed by atoms with Crippen molar-refractivity contribution in [3.63, 3.8) is 0 Å². The summed E-state index contributed by atoms with van der Waals surface area (Å²) in [5, 5.41) is 3.05. The molecule has 28 heavy (non-hydrogen) atoms. The molecule has 1 N–H and O–H groups in total. The number of sulfonamides is 1. The van der Waals surface area contributed by atoms with Crippen LogP contribution in [0.3, 0.4) is 0 Å². The second-order valence-electron chi connectivity index (χ2n) is 7.08. The lowest BCUT2D eigenvalue weighted by atomic mass is 10.0. The van der Waals surface area contributed by atoms with E-state index in [1.54, 1.807) is 24.3 Å². The maximum atomic E-state index is 12.9. The van der Waals surface area contributed by atoms with Crippen molar-refractivity contribution in [1.29, 1.82) is 0 Å². The molecule has 6 nitrogen and oxygen atoms in total. The van der Waals surface area contributed by atoms with Crippen LogP contribution in [0.25, 0.3) is 0 Å². The van der Waals surface area contributed by atoms with E-state index in [0.29, 0.717) is 11.4 Å². The van der Waals surface area contributed by atoms with Crippen molar-refractivity contribution in [2.75, 3.05) is 17.1 Å². The molecule has 2 aromatic carbocycles. The van der Waals surface area contributed by atoms with Crippen LogP contribution in [0, 0.1) is 6.92 Å². The standard InChI is InChI=1S/C21H26N2O4S/c1-4-17(16-11-9-15(2)10-12-16)22-21(24)20-13-14-23(28(3,25)26)18-7-5-6-8-19(18)27-20/h5-12,17,20H,4,13-14H2,1-3H3,(H,22,24)/t17-,20+/m1/s1. The summed E-state index contributed by atoms with van der Waals surface area (Å²) < 4.78 is 31.6. The van der Waals surface area contributed by atoms with Gasteiger partial charge in [0.05, 0.1) is 18.0 Å². The van der Waals surface area contributed by atoms with E-state index < -0.39 is 16.1 Å². The first-order valence-corrected chi connectivity index (χ1v) is 11.2. The Kier molecular flexibility index (Phi) is 5.93. The van der Waals surface area contributed by atoms with Crippen molar-refractivity contribution < 1.29 is 17.9 Å². The van der Waals surface area contributed by atoms with Gasteiger partial charge in [0, 0.05) is 13.0 Å². The van der Waals surface area contributed by atoms with E-state index in [-0.39, 0.29) is 24.9 Å². The zero-order valence-corrected chi connectivity index (χ0v) is 17.2. The molecule has 0 aromatic heterocycles. The molecule has 1 aliphatic heterocycles. The lowest BCUT2D eigenvalue weighted by Crippen LogP contribution is -2.41. The van der Waals surface area contributed by atoms with Crippen molar-refractivity contribution in [3.8, 4) is 5.75 Å². The Labute approximate surface area is 166 Å². The molecule has 1 heterocycles. The third-order valence-electron chi connectivity index (χ3n) is 4.89. The van der Waals surface area contributed by atoms with E-state index in [4.69, 9.17) is 4.74 Å². The van der Waals surface area contributed by atoms with Gasteiger partial charge >= 0.3 is 0 Å². The van der Waals surface area contributed by atoms with Crippen LogP contribution in [0.5, 0.6) is 5.75 Å². The fourth-order valence-corrected chi connectivity index (χ4v) is 4.29. The fraction of sp³-hybridized carbons (Fsp3) is 0.381. The van der Waals surface area contributed by atoms with E-state index in [9.17, 15) is 13.2 Å². The summed E-state index contributed by atoms with van der Waals surface area (Å²) in [5.74, 6) is 0.159. The molecule has 0 saturated carbocycles. The van der Waals surface area contributed by atoms with E-state index in [1.807, 2.05) is 38.1 Å². The van der Waals surface area contributed by atoms with Gasteiger partial charge in [-0.25, -0.2) is 8.42 Å². The van der Waals surface area contributed by atoms with Crippen LogP contribution in [-0.2, 0) is 14.8 Å². The van der Waals surface area contributed by atoms with Crippen LogP contribution < -0.4 is 14.4 Å². The minimum atomic E-state index is -3.46. The van der Waals surface area contributed by atoms with Crippen molar-refractivity contribution in [1.82, 2.24) is 5.32 Å². The van der Waals surface area contributed by atoms with Gasteiger partial charge in [0.15, 0.2) is 6.10 Å². The molecule has 0 bridgehead atoms. The van der Waals surface area contributed by atoms with Crippen LogP contribution in [0.15, 0.2) is 48.5 Å². The highest BCUT2D eigenvalue weighted by Crippen LogP contribution is 2.34. The highest BCUT2D eigenvalue weighted by atomic mass is 32.2. The molecule has 0 aliphatic carbocycles. The average molecular weight is 403 g/mol. The first-order chi connectivity index (χ1) is 13.3. The number of hydrogen-bond acceptors (Lipinski definition) is 4. The molecule has 0 spiro atoms. The predicted molar refractivity (Wildman–Crippen MR) is 110 cm³/mol. The number of anilines is 1. The number of ether oxygens (including phenoxy) is 1. The summed E-state index contributed by atoms with van der Waals surface area (Å²) >= 11 is 0. The van der Waals surface area contributed by atoms with Gasteiger partial charge in [-0.3, -0.25) is 9.10 Å².